The lowest BCUT2D eigenvalue weighted by atomic mass is 10.1. The van der Waals surface area contributed by atoms with Gasteiger partial charge in [0.2, 0.25) is 0 Å². The van der Waals surface area contributed by atoms with Crippen molar-refractivity contribution in [1.82, 2.24) is 5.32 Å². The van der Waals surface area contributed by atoms with Crippen molar-refractivity contribution in [2.24, 2.45) is 0 Å². The lowest BCUT2D eigenvalue weighted by Gasteiger charge is -2.26. The maximum atomic E-state index is 6.08. The molecule has 0 heterocycles. The molecule has 1 rings (SSSR count). The zero-order chi connectivity index (χ0) is 14.3. The smallest absolute Gasteiger partial charge is 0.161 e. The monoisotopic (exact) mass is 265 g/mol. The molecule has 0 aliphatic carbocycles. The van der Waals surface area contributed by atoms with Gasteiger partial charge in [0.1, 0.15) is 6.10 Å². The second kappa shape index (κ2) is 7.39. The van der Waals surface area contributed by atoms with E-state index in [4.69, 9.17) is 9.47 Å². The van der Waals surface area contributed by atoms with Gasteiger partial charge in [-0.25, -0.2) is 0 Å². The van der Waals surface area contributed by atoms with E-state index in [0.717, 1.165) is 30.9 Å². The van der Waals surface area contributed by atoms with E-state index in [-0.39, 0.29) is 11.6 Å². The third-order valence-electron chi connectivity index (χ3n) is 2.83. The molecule has 1 unspecified atom stereocenters. The van der Waals surface area contributed by atoms with Crippen molar-refractivity contribution in [2.45, 2.75) is 52.2 Å². The first-order valence-electron chi connectivity index (χ1n) is 7.01. The molecule has 0 saturated carbocycles. The van der Waals surface area contributed by atoms with Gasteiger partial charge in [-0.2, -0.15) is 0 Å². The summed E-state index contributed by atoms with van der Waals surface area (Å²) in [5.74, 6) is 1.61. The van der Waals surface area contributed by atoms with Gasteiger partial charge < -0.3 is 14.8 Å². The average Bonchev–Trinajstić information content (AvgIpc) is 2.36. The Balaban J connectivity index is 2.66. The summed E-state index contributed by atoms with van der Waals surface area (Å²) in [6.07, 6.45) is 2.30. The summed E-state index contributed by atoms with van der Waals surface area (Å²) in [5, 5.41) is 3.50. The molecular weight excluding hydrogens is 238 g/mol. The molecule has 0 saturated heterocycles. The molecule has 0 fully saturated rings. The predicted octanol–water partition coefficient (Wildman–Crippen LogP) is 3.63. The van der Waals surface area contributed by atoms with Gasteiger partial charge in [0, 0.05) is 12.1 Å². The minimum atomic E-state index is 0.107. The van der Waals surface area contributed by atoms with E-state index in [1.165, 1.54) is 0 Å². The van der Waals surface area contributed by atoms with Crippen molar-refractivity contribution in [3.05, 3.63) is 24.3 Å². The van der Waals surface area contributed by atoms with E-state index in [1.54, 1.807) is 7.11 Å². The van der Waals surface area contributed by atoms with Crippen LogP contribution >= 0.6 is 0 Å². The first kappa shape index (κ1) is 15.8. The second-order valence-electron chi connectivity index (χ2n) is 5.81. The van der Waals surface area contributed by atoms with Gasteiger partial charge in [-0.15, -0.1) is 0 Å². The minimum Gasteiger partial charge on any atom is -0.493 e. The molecule has 3 nitrogen and oxygen atoms in total. The van der Waals surface area contributed by atoms with Gasteiger partial charge in [0.15, 0.2) is 11.5 Å². The lowest BCUT2D eigenvalue weighted by Crippen LogP contribution is -2.42. The van der Waals surface area contributed by atoms with E-state index in [2.05, 4.69) is 33.0 Å². The number of benzene rings is 1. The SMILES string of the molecule is CCCC(CNC(C)(C)C)Oc1ccccc1OC. The molecule has 0 aliphatic rings. The predicted molar refractivity (Wildman–Crippen MR) is 80.1 cm³/mol. The van der Waals surface area contributed by atoms with Gasteiger partial charge >= 0.3 is 0 Å². The third-order valence-corrected chi connectivity index (χ3v) is 2.83. The number of hydrogen-bond donors (Lipinski definition) is 1. The Morgan fingerprint density at radius 3 is 2.32 bits per heavy atom. The summed E-state index contributed by atoms with van der Waals surface area (Å²) < 4.78 is 11.4. The van der Waals surface area contributed by atoms with Crippen LogP contribution in [0.4, 0.5) is 0 Å². The molecule has 1 atom stereocenters. The molecule has 0 aromatic heterocycles. The quantitative estimate of drug-likeness (QED) is 0.816. The van der Waals surface area contributed by atoms with Gasteiger partial charge in [0.25, 0.3) is 0 Å². The number of rotatable bonds is 7. The number of nitrogens with one attached hydrogen (secondary N) is 1. The highest BCUT2D eigenvalue weighted by molar-refractivity contribution is 5.39. The Morgan fingerprint density at radius 1 is 1.16 bits per heavy atom. The van der Waals surface area contributed by atoms with Crippen LogP contribution in [0.2, 0.25) is 0 Å². The highest BCUT2D eigenvalue weighted by atomic mass is 16.5. The summed E-state index contributed by atoms with van der Waals surface area (Å²) in [5.41, 5.74) is 0.107. The molecule has 1 aromatic rings. The van der Waals surface area contributed by atoms with E-state index in [9.17, 15) is 0 Å². The van der Waals surface area contributed by atoms with E-state index in [1.807, 2.05) is 24.3 Å². The molecule has 0 bridgehead atoms. The largest absolute Gasteiger partial charge is 0.493 e. The molecule has 0 radical (unpaired) electrons. The molecule has 1 aromatic carbocycles. The number of para-hydroxylation sites is 2. The minimum absolute atomic E-state index is 0.107. The first-order chi connectivity index (χ1) is 8.96. The number of ether oxygens (including phenoxy) is 2. The molecule has 0 amide bonds. The van der Waals surface area contributed by atoms with E-state index >= 15 is 0 Å². The fraction of sp³-hybridized carbons (Fsp3) is 0.625. The maximum Gasteiger partial charge on any atom is 0.161 e. The highest BCUT2D eigenvalue weighted by Crippen LogP contribution is 2.27. The normalized spacial score (nSPS) is 13.1. The molecule has 1 N–H and O–H groups in total. The Labute approximate surface area is 117 Å². The molecule has 0 aliphatic heterocycles. The Hall–Kier alpha value is -1.22. The fourth-order valence-corrected chi connectivity index (χ4v) is 1.84. The molecule has 0 spiro atoms. The van der Waals surface area contributed by atoms with E-state index < -0.39 is 0 Å². The Bertz CT molecular complexity index is 371. The molecule has 108 valence electrons. The van der Waals surface area contributed by atoms with Gasteiger partial charge in [-0.1, -0.05) is 25.5 Å². The van der Waals surface area contributed by atoms with Crippen molar-refractivity contribution in [3.63, 3.8) is 0 Å². The van der Waals surface area contributed by atoms with Gasteiger partial charge in [-0.3, -0.25) is 0 Å². The summed E-state index contributed by atoms with van der Waals surface area (Å²) in [4.78, 5) is 0. The number of methoxy groups -OCH3 is 1. The highest BCUT2D eigenvalue weighted by Gasteiger charge is 2.16. The topological polar surface area (TPSA) is 30.5 Å². The van der Waals surface area contributed by atoms with Crippen LogP contribution in [0.15, 0.2) is 24.3 Å². The van der Waals surface area contributed by atoms with Gasteiger partial charge in [0.05, 0.1) is 7.11 Å². The van der Waals surface area contributed by atoms with Crippen LogP contribution in [0.25, 0.3) is 0 Å². The van der Waals surface area contributed by atoms with E-state index in [0.29, 0.717) is 0 Å². The van der Waals surface area contributed by atoms with Crippen LogP contribution in [0, 0.1) is 0 Å². The van der Waals surface area contributed by atoms with Gasteiger partial charge in [-0.05, 0) is 39.3 Å². The average molecular weight is 265 g/mol. The second-order valence-corrected chi connectivity index (χ2v) is 5.81. The molecule has 3 heteroatoms. The number of hydrogen-bond acceptors (Lipinski definition) is 3. The van der Waals surface area contributed by atoms with Crippen molar-refractivity contribution in [1.29, 1.82) is 0 Å². The van der Waals surface area contributed by atoms with Crippen LogP contribution in [-0.4, -0.2) is 25.3 Å². The van der Waals surface area contributed by atoms with Crippen molar-refractivity contribution < 1.29 is 9.47 Å². The standard InChI is InChI=1S/C16H27NO2/c1-6-9-13(12-17-16(2,3)4)19-15-11-8-7-10-14(15)18-5/h7-8,10-11,13,17H,6,9,12H2,1-5H3. The van der Waals surface area contributed by atoms with Crippen LogP contribution in [0.5, 0.6) is 11.5 Å². The summed E-state index contributed by atoms with van der Waals surface area (Å²) in [6, 6.07) is 7.81. The zero-order valence-electron chi connectivity index (χ0n) is 12.8. The summed E-state index contributed by atoms with van der Waals surface area (Å²) >= 11 is 0. The summed E-state index contributed by atoms with van der Waals surface area (Å²) in [6.45, 7) is 9.52. The van der Waals surface area contributed by atoms with Crippen LogP contribution in [0.3, 0.4) is 0 Å². The van der Waals surface area contributed by atoms with Crippen molar-refractivity contribution in [2.75, 3.05) is 13.7 Å². The van der Waals surface area contributed by atoms with Crippen LogP contribution < -0.4 is 14.8 Å². The van der Waals surface area contributed by atoms with Crippen molar-refractivity contribution in [3.8, 4) is 11.5 Å². The summed E-state index contributed by atoms with van der Waals surface area (Å²) in [7, 11) is 1.67. The fourth-order valence-electron chi connectivity index (χ4n) is 1.84. The van der Waals surface area contributed by atoms with Crippen LogP contribution in [0.1, 0.15) is 40.5 Å². The molecule has 19 heavy (non-hydrogen) atoms. The molecular formula is C16H27NO2. The lowest BCUT2D eigenvalue weighted by molar-refractivity contribution is 0.168. The van der Waals surface area contributed by atoms with Crippen molar-refractivity contribution >= 4 is 0 Å². The first-order valence-corrected chi connectivity index (χ1v) is 7.01. The maximum absolute atomic E-state index is 6.08. The zero-order valence-corrected chi connectivity index (χ0v) is 12.8. The Kier molecular flexibility index (Phi) is 6.16. The van der Waals surface area contributed by atoms with Crippen LogP contribution in [-0.2, 0) is 0 Å². The third kappa shape index (κ3) is 5.97. The Morgan fingerprint density at radius 2 is 1.79 bits per heavy atom.